The lowest BCUT2D eigenvalue weighted by Crippen LogP contribution is -2.27. The van der Waals surface area contributed by atoms with Crippen LogP contribution in [0.1, 0.15) is 10.5 Å². The number of nitrogens with zero attached hydrogens (tertiary/aromatic N) is 2. The molecule has 0 bridgehead atoms. The third-order valence-electron chi connectivity index (χ3n) is 1.85. The highest BCUT2D eigenvalue weighted by Crippen LogP contribution is 2.02. The van der Waals surface area contributed by atoms with Crippen molar-refractivity contribution < 1.29 is 14.7 Å². The molecule has 1 aromatic heterocycles. The van der Waals surface area contributed by atoms with Gasteiger partial charge in [-0.15, -0.1) is 0 Å². The molecule has 0 unspecified atom stereocenters. The maximum atomic E-state index is 11.3. The predicted molar refractivity (Wildman–Crippen MR) is 50.1 cm³/mol. The van der Waals surface area contributed by atoms with Crippen LogP contribution in [0, 0.1) is 0 Å². The zero-order valence-electron chi connectivity index (χ0n) is 8.10. The van der Waals surface area contributed by atoms with Gasteiger partial charge in [0.05, 0.1) is 0 Å². The SMILES string of the molecule is CN(C)C(=O)Cn1cccc1C(=O)O. The molecular formula is C9H12N2O3. The van der Waals surface area contributed by atoms with E-state index < -0.39 is 5.97 Å². The number of hydrogen-bond donors (Lipinski definition) is 1. The summed E-state index contributed by atoms with van der Waals surface area (Å²) in [5.41, 5.74) is 0.125. The van der Waals surface area contributed by atoms with Crippen LogP contribution in [0.3, 0.4) is 0 Å². The normalized spacial score (nSPS) is 9.86. The van der Waals surface area contributed by atoms with E-state index in [0.717, 1.165) is 0 Å². The standard InChI is InChI=1S/C9H12N2O3/c1-10(2)8(12)6-11-5-3-4-7(11)9(13)14/h3-5H,6H2,1-2H3,(H,13,14). The molecule has 14 heavy (non-hydrogen) atoms. The Morgan fingerprint density at radius 1 is 1.50 bits per heavy atom. The molecular weight excluding hydrogens is 184 g/mol. The van der Waals surface area contributed by atoms with Crippen molar-refractivity contribution in [3.8, 4) is 0 Å². The van der Waals surface area contributed by atoms with E-state index in [2.05, 4.69) is 0 Å². The molecule has 0 aromatic carbocycles. The number of hydrogen-bond acceptors (Lipinski definition) is 2. The summed E-state index contributed by atoms with van der Waals surface area (Å²) in [6, 6.07) is 3.07. The number of carbonyl (C=O) groups is 2. The Bertz CT molecular complexity index is 355. The highest BCUT2D eigenvalue weighted by molar-refractivity contribution is 5.86. The van der Waals surface area contributed by atoms with Crippen LogP contribution < -0.4 is 0 Å². The number of aromatic carboxylic acids is 1. The van der Waals surface area contributed by atoms with Crippen molar-refractivity contribution in [1.29, 1.82) is 0 Å². The summed E-state index contributed by atoms with van der Waals surface area (Å²) in [6.45, 7) is 0.0572. The number of carboxylic acids is 1. The van der Waals surface area contributed by atoms with Crippen molar-refractivity contribution >= 4 is 11.9 Å². The Labute approximate surface area is 81.6 Å². The van der Waals surface area contributed by atoms with Gasteiger partial charge < -0.3 is 14.6 Å². The summed E-state index contributed by atoms with van der Waals surface area (Å²) in [5.74, 6) is -1.16. The largest absolute Gasteiger partial charge is 0.477 e. The maximum absolute atomic E-state index is 11.3. The van der Waals surface area contributed by atoms with Gasteiger partial charge >= 0.3 is 5.97 Å². The van der Waals surface area contributed by atoms with Crippen LogP contribution in [-0.2, 0) is 11.3 Å². The number of rotatable bonds is 3. The first-order valence-corrected chi connectivity index (χ1v) is 4.11. The first-order valence-electron chi connectivity index (χ1n) is 4.11. The van der Waals surface area contributed by atoms with Gasteiger partial charge in [-0.2, -0.15) is 0 Å². The summed E-state index contributed by atoms with van der Waals surface area (Å²) >= 11 is 0. The minimum atomic E-state index is -1.03. The second-order valence-corrected chi connectivity index (χ2v) is 3.11. The van der Waals surface area contributed by atoms with Crippen LogP contribution in [0.4, 0.5) is 0 Å². The Hall–Kier alpha value is -1.78. The Morgan fingerprint density at radius 3 is 2.64 bits per heavy atom. The van der Waals surface area contributed by atoms with E-state index in [4.69, 9.17) is 5.11 Å². The van der Waals surface area contributed by atoms with Crippen molar-refractivity contribution in [2.45, 2.75) is 6.54 Å². The lowest BCUT2D eigenvalue weighted by molar-refractivity contribution is -0.129. The molecule has 1 rings (SSSR count). The van der Waals surface area contributed by atoms with Crippen LogP contribution in [0.25, 0.3) is 0 Å². The second kappa shape index (κ2) is 3.95. The molecule has 0 saturated heterocycles. The van der Waals surface area contributed by atoms with Crippen LogP contribution >= 0.6 is 0 Å². The minimum absolute atomic E-state index is 0.0572. The van der Waals surface area contributed by atoms with Gasteiger partial charge in [-0.05, 0) is 12.1 Å². The molecule has 0 fully saturated rings. The van der Waals surface area contributed by atoms with Gasteiger partial charge in [0, 0.05) is 20.3 Å². The molecule has 1 heterocycles. The number of carboxylic acid groups (broad SMARTS) is 1. The van der Waals surface area contributed by atoms with Crippen molar-refractivity contribution in [2.75, 3.05) is 14.1 Å². The molecule has 76 valence electrons. The molecule has 0 aliphatic carbocycles. The average Bonchev–Trinajstić information content (AvgIpc) is 2.52. The average molecular weight is 196 g/mol. The van der Waals surface area contributed by atoms with Crippen LogP contribution in [-0.4, -0.2) is 40.5 Å². The van der Waals surface area contributed by atoms with Gasteiger partial charge in [-0.25, -0.2) is 4.79 Å². The van der Waals surface area contributed by atoms with Gasteiger partial charge in [0.15, 0.2) is 0 Å². The first-order chi connectivity index (χ1) is 6.52. The van der Waals surface area contributed by atoms with E-state index in [1.54, 1.807) is 26.4 Å². The molecule has 0 aliphatic rings. The summed E-state index contributed by atoms with van der Waals surface area (Å²) in [6.07, 6.45) is 1.57. The topological polar surface area (TPSA) is 62.5 Å². The van der Waals surface area contributed by atoms with Crippen LogP contribution in [0.2, 0.25) is 0 Å². The summed E-state index contributed by atoms with van der Waals surface area (Å²) in [5, 5.41) is 8.76. The lowest BCUT2D eigenvalue weighted by Gasteiger charge is -2.11. The molecule has 0 atom stereocenters. The Morgan fingerprint density at radius 2 is 2.14 bits per heavy atom. The highest BCUT2D eigenvalue weighted by atomic mass is 16.4. The van der Waals surface area contributed by atoms with E-state index >= 15 is 0 Å². The van der Waals surface area contributed by atoms with E-state index in [1.807, 2.05) is 0 Å². The quantitative estimate of drug-likeness (QED) is 0.755. The predicted octanol–water partition coefficient (Wildman–Crippen LogP) is 0.274. The number of likely N-dealkylation sites (N-methyl/N-ethyl adjacent to an activating group) is 1. The molecule has 0 radical (unpaired) electrons. The van der Waals surface area contributed by atoms with Crippen LogP contribution in [0.15, 0.2) is 18.3 Å². The van der Waals surface area contributed by atoms with Crippen LogP contribution in [0.5, 0.6) is 0 Å². The maximum Gasteiger partial charge on any atom is 0.352 e. The van der Waals surface area contributed by atoms with Crippen molar-refractivity contribution in [3.63, 3.8) is 0 Å². The number of amides is 1. The molecule has 1 aromatic rings. The smallest absolute Gasteiger partial charge is 0.352 e. The van der Waals surface area contributed by atoms with E-state index in [9.17, 15) is 9.59 Å². The van der Waals surface area contributed by atoms with Gasteiger partial charge in [-0.3, -0.25) is 4.79 Å². The molecule has 5 heteroatoms. The van der Waals surface area contributed by atoms with Gasteiger partial charge in [-0.1, -0.05) is 0 Å². The fourth-order valence-electron chi connectivity index (χ4n) is 1.03. The third kappa shape index (κ3) is 2.12. The molecule has 0 spiro atoms. The summed E-state index contributed by atoms with van der Waals surface area (Å²) < 4.78 is 1.41. The fourth-order valence-corrected chi connectivity index (χ4v) is 1.03. The first kappa shape index (κ1) is 10.3. The summed E-state index contributed by atoms with van der Waals surface area (Å²) in [4.78, 5) is 23.4. The van der Waals surface area contributed by atoms with E-state index in [-0.39, 0.29) is 18.1 Å². The zero-order valence-corrected chi connectivity index (χ0v) is 8.10. The van der Waals surface area contributed by atoms with Gasteiger partial charge in [0.25, 0.3) is 0 Å². The van der Waals surface area contributed by atoms with Gasteiger partial charge in [0.2, 0.25) is 5.91 Å². The second-order valence-electron chi connectivity index (χ2n) is 3.11. The Balaban J connectivity index is 2.82. The third-order valence-corrected chi connectivity index (χ3v) is 1.85. The monoisotopic (exact) mass is 196 g/mol. The fraction of sp³-hybridized carbons (Fsp3) is 0.333. The lowest BCUT2D eigenvalue weighted by atomic mass is 10.4. The van der Waals surface area contributed by atoms with Crippen molar-refractivity contribution in [2.24, 2.45) is 0 Å². The number of aromatic nitrogens is 1. The zero-order chi connectivity index (χ0) is 10.7. The highest BCUT2D eigenvalue weighted by Gasteiger charge is 2.12. The van der Waals surface area contributed by atoms with E-state index in [0.29, 0.717) is 0 Å². The van der Waals surface area contributed by atoms with Crippen molar-refractivity contribution in [3.05, 3.63) is 24.0 Å². The van der Waals surface area contributed by atoms with Crippen molar-refractivity contribution in [1.82, 2.24) is 9.47 Å². The minimum Gasteiger partial charge on any atom is -0.477 e. The number of carbonyl (C=O) groups excluding carboxylic acids is 1. The molecule has 1 amide bonds. The molecule has 0 saturated carbocycles. The molecule has 5 nitrogen and oxygen atoms in total. The molecule has 0 aliphatic heterocycles. The van der Waals surface area contributed by atoms with E-state index in [1.165, 1.54) is 15.5 Å². The molecule has 1 N–H and O–H groups in total. The Kier molecular flexibility index (Phi) is 2.91. The summed E-state index contributed by atoms with van der Waals surface area (Å²) in [7, 11) is 3.26. The van der Waals surface area contributed by atoms with Gasteiger partial charge in [0.1, 0.15) is 12.2 Å².